The molecule has 0 bridgehead atoms. The molecule has 0 saturated carbocycles. The number of rotatable bonds is 5. The second-order valence-electron chi connectivity index (χ2n) is 8.27. The van der Waals surface area contributed by atoms with Crippen LogP contribution in [0.1, 0.15) is 11.1 Å². The van der Waals surface area contributed by atoms with E-state index < -0.39 is 0 Å². The molecule has 0 spiro atoms. The minimum atomic E-state index is -0.208. The summed E-state index contributed by atoms with van der Waals surface area (Å²) < 4.78 is 8.55. The minimum Gasteiger partial charge on any atom is -0.497 e. The number of aryl methyl sites for hydroxylation is 2. The third-order valence-electron chi connectivity index (χ3n) is 6.03. The summed E-state index contributed by atoms with van der Waals surface area (Å²) in [4.78, 5) is 31.0. The van der Waals surface area contributed by atoms with Crippen molar-refractivity contribution in [3.05, 3.63) is 94.3 Å². The lowest BCUT2D eigenvalue weighted by atomic mass is 10.1. The van der Waals surface area contributed by atoms with E-state index in [1.807, 2.05) is 80.6 Å². The molecule has 3 aromatic carbocycles. The summed E-state index contributed by atoms with van der Waals surface area (Å²) in [5.74, 6) is 0.934. The third kappa shape index (κ3) is 3.81. The number of nitrogens with one attached hydrogen (secondary N) is 1. The normalized spacial score (nSPS) is 11.1. The van der Waals surface area contributed by atoms with Gasteiger partial charge in [0.05, 0.1) is 23.8 Å². The molecule has 2 heterocycles. The van der Waals surface area contributed by atoms with Crippen LogP contribution < -0.4 is 15.6 Å². The second kappa shape index (κ2) is 8.51. The first kappa shape index (κ1) is 21.5. The van der Waals surface area contributed by atoms with E-state index in [9.17, 15) is 9.59 Å². The molecule has 7 nitrogen and oxygen atoms in total. The molecule has 5 aromatic rings. The summed E-state index contributed by atoms with van der Waals surface area (Å²) >= 11 is 0. The number of imidazole rings is 1. The van der Waals surface area contributed by atoms with Crippen LogP contribution in [0.4, 0.5) is 5.69 Å². The number of hydrogen-bond acceptors (Lipinski definition) is 4. The molecule has 5 rings (SSSR count). The highest BCUT2D eigenvalue weighted by atomic mass is 16.5. The Labute approximate surface area is 196 Å². The van der Waals surface area contributed by atoms with Crippen molar-refractivity contribution in [2.24, 2.45) is 0 Å². The van der Waals surface area contributed by atoms with E-state index in [4.69, 9.17) is 9.72 Å². The van der Waals surface area contributed by atoms with Crippen LogP contribution in [0.5, 0.6) is 5.75 Å². The van der Waals surface area contributed by atoms with Crippen LogP contribution in [-0.2, 0) is 11.3 Å². The number of benzene rings is 3. The van der Waals surface area contributed by atoms with Crippen LogP contribution in [0.3, 0.4) is 0 Å². The summed E-state index contributed by atoms with van der Waals surface area (Å²) in [7, 11) is 1.60. The highest BCUT2D eigenvalue weighted by molar-refractivity contribution is 5.93. The third-order valence-corrected chi connectivity index (χ3v) is 6.03. The fourth-order valence-electron chi connectivity index (χ4n) is 4.10. The first-order valence-electron chi connectivity index (χ1n) is 11.0. The molecule has 34 heavy (non-hydrogen) atoms. The van der Waals surface area contributed by atoms with Crippen LogP contribution >= 0.6 is 0 Å². The Morgan fingerprint density at radius 3 is 2.38 bits per heavy atom. The summed E-state index contributed by atoms with van der Waals surface area (Å²) in [6, 6.07) is 22.2. The van der Waals surface area contributed by atoms with Gasteiger partial charge in [0.1, 0.15) is 12.3 Å². The molecule has 0 saturated heterocycles. The van der Waals surface area contributed by atoms with Gasteiger partial charge in [0.25, 0.3) is 5.56 Å². The SMILES string of the molecule is COc1ccc(-c2cc(=O)n3c4ccccc4n(CC(=O)Nc4ccc(C)c(C)c4)c3n2)cc1. The predicted octanol–water partition coefficient (Wildman–Crippen LogP) is 4.58. The van der Waals surface area contributed by atoms with E-state index in [0.29, 0.717) is 17.0 Å². The van der Waals surface area contributed by atoms with E-state index in [1.165, 1.54) is 6.07 Å². The average Bonchev–Trinajstić information content (AvgIpc) is 3.15. The molecule has 0 fully saturated rings. The van der Waals surface area contributed by atoms with Crippen LogP contribution in [0.25, 0.3) is 28.1 Å². The Kier molecular flexibility index (Phi) is 5.37. The van der Waals surface area contributed by atoms with Gasteiger partial charge in [0, 0.05) is 17.3 Å². The van der Waals surface area contributed by atoms with Gasteiger partial charge in [0.2, 0.25) is 11.7 Å². The minimum absolute atomic E-state index is 0.0163. The van der Waals surface area contributed by atoms with Crippen molar-refractivity contribution >= 4 is 28.4 Å². The fraction of sp³-hybridized carbons (Fsp3) is 0.148. The number of carbonyl (C=O) groups excluding carboxylic acids is 1. The van der Waals surface area contributed by atoms with Gasteiger partial charge in [0.15, 0.2) is 0 Å². The summed E-state index contributed by atoms with van der Waals surface area (Å²) in [6.07, 6.45) is 0. The predicted molar refractivity (Wildman–Crippen MR) is 133 cm³/mol. The maximum Gasteiger partial charge on any atom is 0.260 e. The summed E-state index contributed by atoms with van der Waals surface area (Å²) in [5, 5.41) is 2.96. The largest absolute Gasteiger partial charge is 0.497 e. The number of carbonyl (C=O) groups is 1. The van der Waals surface area contributed by atoms with Crippen molar-refractivity contribution in [1.29, 1.82) is 0 Å². The average molecular weight is 453 g/mol. The molecule has 1 amide bonds. The number of para-hydroxylation sites is 2. The number of fused-ring (bicyclic) bond motifs is 3. The molecule has 0 radical (unpaired) electrons. The maximum absolute atomic E-state index is 13.2. The van der Waals surface area contributed by atoms with Gasteiger partial charge in [-0.05, 0) is 73.5 Å². The Morgan fingerprint density at radius 1 is 0.941 bits per heavy atom. The molecule has 0 aliphatic heterocycles. The number of methoxy groups -OCH3 is 1. The van der Waals surface area contributed by atoms with Crippen molar-refractivity contribution in [3.63, 3.8) is 0 Å². The maximum atomic E-state index is 13.2. The quantitative estimate of drug-likeness (QED) is 0.423. The molecular formula is C27H24N4O3. The summed E-state index contributed by atoms with van der Waals surface area (Å²) in [5.41, 5.74) is 5.58. The lowest BCUT2D eigenvalue weighted by molar-refractivity contribution is -0.116. The van der Waals surface area contributed by atoms with E-state index in [0.717, 1.165) is 33.6 Å². The van der Waals surface area contributed by atoms with E-state index in [-0.39, 0.29) is 18.0 Å². The van der Waals surface area contributed by atoms with Crippen molar-refractivity contribution < 1.29 is 9.53 Å². The van der Waals surface area contributed by atoms with E-state index >= 15 is 0 Å². The topological polar surface area (TPSA) is 77.6 Å². The number of amides is 1. The first-order valence-corrected chi connectivity index (χ1v) is 11.0. The molecule has 0 aliphatic rings. The van der Waals surface area contributed by atoms with Gasteiger partial charge in [-0.15, -0.1) is 0 Å². The molecule has 2 aromatic heterocycles. The molecule has 0 atom stereocenters. The Hall–Kier alpha value is -4.39. The van der Waals surface area contributed by atoms with E-state index in [2.05, 4.69) is 5.32 Å². The van der Waals surface area contributed by atoms with Crippen molar-refractivity contribution in [3.8, 4) is 17.0 Å². The monoisotopic (exact) mass is 452 g/mol. The number of anilines is 1. The lowest BCUT2D eigenvalue weighted by Crippen LogP contribution is -2.20. The van der Waals surface area contributed by atoms with Crippen molar-refractivity contribution in [2.75, 3.05) is 12.4 Å². The number of nitrogens with zero attached hydrogens (tertiary/aromatic N) is 3. The zero-order valence-electron chi connectivity index (χ0n) is 19.2. The number of ether oxygens (including phenoxy) is 1. The van der Waals surface area contributed by atoms with Crippen LogP contribution in [-0.4, -0.2) is 27.0 Å². The standard InChI is InChI=1S/C27H24N4O3/c1-17-8-11-20(14-18(17)2)28-25(32)16-30-23-6-4-5-7-24(23)31-26(33)15-22(29-27(30)31)19-9-12-21(34-3)13-10-19/h4-15H,16H2,1-3H3,(H,28,32). The zero-order valence-corrected chi connectivity index (χ0v) is 19.2. The molecule has 1 N–H and O–H groups in total. The zero-order chi connectivity index (χ0) is 23.8. The first-order chi connectivity index (χ1) is 16.4. The van der Waals surface area contributed by atoms with Gasteiger partial charge in [-0.25, -0.2) is 9.38 Å². The fourth-order valence-corrected chi connectivity index (χ4v) is 4.10. The summed E-state index contributed by atoms with van der Waals surface area (Å²) in [6.45, 7) is 4.06. The number of aromatic nitrogens is 3. The van der Waals surface area contributed by atoms with Crippen molar-refractivity contribution in [2.45, 2.75) is 20.4 Å². The van der Waals surface area contributed by atoms with Gasteiger partial charge >= 0.3 is 0 Å². The molecule has 170 valence electrons. The molecule has 0 unspecified atom stereocenters. The Balaban J connectivity index is 1.60. The lowest BCUT2D eigenvalue weighted by Gasteiger charge is -2.10. The Bertz CT molecular complexity index is 1600. The highest BCUT2D eigenvalue weighted by Gasteiger charge is 2.17. The van der Waals surface area contributed by atoms with Gasteiger partial charge in [-0.1, -0.05) is 18.2 Å². The van der Waals surface area contributed by atoms with Gasteiger partial charge in [-0.2, -0.15) is 0 Å². The second-order valence-corrected chi connectivity index (χ2v) is 8.27. The number of hydrogen-bond donors (Lipinski definition) is 1. The van der Waals surface area contributed by atoms with Gasteiger partial charge in [-0.3, -0.25) is 9.59 Å². The van der Waals surface area contributed by atoms with Crippen LogP contribution in [0.15, 0.2) is 77.6 Å². The van der Waals surface area contributed by atoms with Crippen molar-refractivity contribution in [1.82, 2.24) is 14.0 Å². The van der Waals surface area contributed by atoms with Gasteiger partial charge < -0.3 is 14.6 Å². The van der Waals surface area contributed by atoms with Crippen LogP contribution in [0, 0.1) is 13.8 Å². The Morgan fingerprint density at radius 2 is 1.68 bits per heavy atom. The molecule has 0 aliphatic carbocycles. The highest BCUT2D eigenvalue weighted by Crippen LogP contribution is 2.24. The van der Waals surface area contributed by atoms with Crippen LogP contribution in [0.2, 0.25) is 0 Å². The smallest absolute Gasteiger partial charge is 0.260 e. The van der Waals surface area contributed by atoms with E-state index in [1.54, 1.807) is 16.1 Å². The molecular weight excluding hydrogens is 428 g/mol. The molecule has 7 heteroatoms.